The van der Waals surface area contributed by atoms with E-state index >= 15 is 0 Å². The van der Waals surface area contributed by atoms with Gasteiger partial charge in [0.05, 0.1) is 0 Å². The minimum atomic E-state index is -1.07. The van der Waals surface area contributed by atoms with Crippen LogP contribution >= 0.6 is 0 Å². The molecule has 98 valence electrons. The number of hydrogen-bond acceptors (Lipinski definition) is 2. The normalized spacial score (nSPS) is 12.8. The predicted octanol–water partition coefficient (Wildman–Crippen LogP) is 2.48. The molecule has 0 spiro atoms. The second-order valence-electron chi connectivity index (χ2n) is 5.10. The summed E-state index contributed by atoms with van der Waals surface area (Å²) in [6, 6.07) is 9.72. The van der Waals surface area contributed by atoms with Crippen LogP contribution < -0.4 is 5.32 Å². The Bertz CT molecular complexity index is 401. The number of carbonyl (C=O) groups excluding carboxylic acids is 1. The molecule has 0 heterocycles. The van der Waals surface area contributed by atoms with Crippen LogP contribution in [0.3, 0.4) is 0 Å². The number of benzene rings is 1. The van der Waals surface area contributed by atoms with Gasteiger partial charge in [0, 0.05) is 11.5 Å². The van der Waals surface area contributed by atoms with Gasteiger partial charge < -0.3 is 15.2 Å². The summed E-state index contributed by atoms with van der Waals surface area (Å²) in [5, 5.41) is 11.2. The van der Waals surface area contributed by atoms with Crippen molar-refractivity contribution >= 4 is 12.4 Å². The maximum Gasteiger partial charge on any atom is 0.405 e. The first-order chi connectivity index (χ1) is 8.43. The van der Waals surface area contributed by atoms with E-state index in [-0.39, 0.29) is 5.92 Å². The molecule has 0 fully saturated rings. The van der Waals surface area contributed by atoms with Crippen LogP contribution in [-0.4, -0.2) is 23.0 Å². The number of hydrogen-bond donors (Lipinski definition) is 2. The summed E-state index contributed by atoms with van der Waals surface area (Å²) in [6.07, 6.45) is 0.953. The average molecular weight is 249 g/mol. The molecule has 0 bridgehead atoms. The Morgan fingerprint density at radius 3 is 2.50 bits per heavy atom. The van der Waals surface area contributed by atoms with Crippen LogP contribution in [0.5, 0.6) is 0 Å². The molecular weight excluding hydrogens is 230 g/mol. The monoisotopic (exact) mass is 249 g/mol. The van der Waals surface area contributed by atoms with E-state index in [4.69, 9.17) is 5.11 Å². The summed E-state index contributed by atoms with van der Waals surface area (Å²) in [4.78, 5) is 21.7. The third-order valence-corrected chi connectivity index (χ3v) is 2.75. The van der Waals surface area contributed by atoms with Gasteiger partial charge in [-0.05, 0) is 32.3 Å². The van der Waals surface area contributed by atoms with E-state index in [1.807, 2.05) is 30.3 Å². The van der Waals surface area contributed by atoms with Crippen molar-refractivity contribution in [2.45, 2.75) is 32.2 Å². The van der Waals surface area contributed by atoms with Crippen molar-refractivity contribution in [3.8, 4) is 0 Å². The first-order valence-electron chi connectivity index (χ1n) is 5.93. The van der Waals surface area contributed by atoms with Crippen LogP contribution in [0, 0.1) is 5.92 Å². The first-order valence-corrected chi connectivity index (χ1v) is 5.93. The lowest BCUT2D eigenvalue weighted by Gasteiger charge is -2.27. The standard InChI is InChI=1S/C14H19NO3/c1-14(2,15-13(17)18)9-12(10-16)8-11-6-4-3-5-7-11/h3-7,10,12,15H,8-9H2,1-2H3,(H,17,18)/t12-/m0/s1. The lowest BCUT2D eigenvalue weighted by molar-refractivity contribution is -0.111. The highest BCUT2D eigenvalue weighted by Gasteiger charge is 2.24. The number of carbonyl (C=O) groups is 2. The predicted molar refractivity (Wildman–Crippen MR) is 69.6 cm³/mol. The van der Waals surface area contributed by atoms with Gasteiger partial charge >= 0.3 is 6.09 Å². The number of carboxylic acid groups (broad SMARTS) is 1. The lowest BCUT2D eigenvalue weighted by Crippen LogP contribution is -2.44. The van der Waals surface area contributed by atoms with Crippen molar-refractivity contribution < 1.29 is 14.7 Å². The van der Waals surface area contributed by atoms with Crippen molar-refractivity contribution in [1.82, 2.24) is 5.32 Å². The summed E-state index contributed by atoms with van der Waals surface area (Å²) >= 11 is 0. The highest BCUT2D eigenvalue weighted by molar-refractivity contribution is 5.65. The third-order valence-electron chi connectivity index (χ3n) is 2.75. The molecule has 0 radical (unpaired) electrons. The van der Waals surface area contributed by atoms with Gasteiger partial charge in [0.15, 0.2) is 0 Å². The smallest absolute Gasteiger partial charge is 0.405 e. The number of nitrogens with one attached hydrogen (secondary N) is 1. The number of rotatable bonds is 6. The van der Waals surface area contributed by atoms with Crippen molar-refractivity contribution in [2.75, 3.05) is 0 Å². The van der Waals surface area contributed by atoms with E-state index in [9.17, 15) is 9.59 Å². The van der Waals surface area contributed by atoms with E-state index in [0.29, 0.717) is 12.8 Å². The largest absolute Gasteiger partial charge is 0.465 e. The molecule has 1 aromatic carbocycles. The molecule has 0 unspecified atom stereocenters. The van der Waals surface area contributed by atoms with Gasteiger partial charge in [-0.2, -0.15) is 0 Å². The van der Waals surface area contributed by atoms with E-state index in [2.05, 4.69) is 5.32 Å². The SMILES string of the molecule is CC(C)(C[C@@H](C=O)Cc1ccccc1)NC(=O)O. The van der Waals surface area contributed by atoms with Gasteiger partial charge in [0.2, 0.25) is 0 Å². The highest BCUT2D eigenvalue weighted by atomic mass is 16.4. The molecule has 0 aliphatic rings. The molecule has 4 nitrogen and oxygen atoms in total. The minimum absolute atomic E-state index is 0.186. The van der Waals surface area contributed by atoms with Crippen LogP contribution in [0.25, 0.3) is 0 Å². The van der Waals surface area contributed by atoms with Gasteiger partial charge in [-0.1, -0.05) is 30.3 Å². The molecule has 1 atom stereocenters. The van der Waals surface area contributed by atoms with Gasteiger partial charge in [0.1, 0.15) is 6.29 Å². The van der Waals surface area contributed by atoms with Crippen LogP contribution in [0.4, 0.5) is 4.79 Å². The average Bonchev–Trinajstić information content (AvgIpc) is 2.27. The van der Waals surface area contributed by atoms with E-state index in [0.717, 1.165) is 11.8 Å². The molecule has 0 saturated carbocycles. The van der Waals surface area contributed by atoms with E-state index in [1.54, 1.807) is 13.8 Å². The molecular formula is C14H19NO3. The fraction of sp³-hybridized carbons (Fsp3) is 0.429. The Balaban J connectivity index is 2.62. The molecule has 1 amide bonds. The van der Waals surface area contributed by atoms with Crippen molar-refractivity contribution in [3.63, 3.8) is 0 Å². The Kier molecular flexibility index (Phi) is 4.89. The van der Waals surface area contributed by atoms with Crippen LogP contribution in [-0.2, 0) is 11.2 Å². The summed E-state index contributed by atoms with van der Waals surface area (Å²) in [5.74, 6) is -0.186. The molecule has 2 N–H and O–H groups in total. The first kappa shape index (κ1) is 14.2. The highest BCUT2D eigenvalue weighted by Crippen LogP contribution is 2.19. The van der Waals surface area contributed by atoms with Gasteiger partial charge in [-0.25, -0.2) is 4.79 Å². The Morgan fingerprint density at radius 2 is 2.00 bits per heavy atom. The minimum Gasteiger partial charge on any atom is -0.465 e. The fourth-order valence-electron chi connectivity index (χ4n) is 2.08. The second-order valence-corrected chi connectivity index (χ2v) is 5.10. The summed E-state index contributed by atoms with van der Waals surface area (Å²) in [7, 11) is 0. The molecule has 0 aromatic heterocycles. The molecule has 18 heavy (non-hydrogen) atoms. The topological polar surface area (TPSA) is 66.4 Å². The Labute approximate surface area is 107 Å². The third kappa shape index (κ3) is 4.99. The molecule has 4 heteroatoms. The maximum atomic E-state index is 11.1. The van der Waals surface area contributed by atoms with Crippen molar-refractivity contribution in [2.24, 2.45) is 5.92 Å². The number of aldehydes is 1. The Morgan fingerprint density at radius 1 is 1.39 bits per heavy atom. The van der Waals surface area contributed by atoms with Crippen molar-refractivity contribution in [1.29, 1.82) is 0 Å². The zero-order valence-electron chi connectivity index (χ0n) is 10.7. The molecule has 0 aliphatic carbocycles. The van der Waals surface area contributed by atoms with Crippen molar-refractivity contribution in [3.05, 3.63) is 35.9 Å². The molecule has 0 saturated heterocycles. The second kappa shape index (κ2) is 6.19. The van der Waals surface area contributed by atoms with E-state index in [1.165, 1.54) is 0 Å². The van der Waals surface area contributed by atoms with Crippen LogP contribution in [0.2, 0.25) is 0 Å². The van der Waals surface area contributed by atoms with Gasteiger partial charge in [-0.3, -0.25) is 0 Å². The zero-order chi connectivity index (χ0) is 13.6. The number of amides is 1. The summed E-state index contributed by atoms with van der Waals surface area (Å²) < 4.78 is 0. The summed E-state index contributed by atoms with van der Waals surface area (Å²) in [6.45, 7) is 3.56. The van der Waals surface area contributed by atoms with Gasteiger partial charge in [-0.15, -0.1) is 0 Å². The molecule has 1 aromatic rings. The van der Waals surface area contributed by atoms with Gasteiger partial charge in [0.25, 0.3) is 0 Å². The maximum absolute atomic E-state index is 11.1. The zero-order valence-corrected chi connectivity index (χ0v) is 10.7. The molecule has 0 aliphatic heterocycles. The Hall–Kier alpha value is -1.84. The lowest BCUT2D eigenvalue weighted by atomic mass is 9.87. The summed E-state index contributed by atoms with van der Waals surface area (Å²) in [5.41, 5.74) is 0.479. The van der Waals surface area contributed by atoms with Crippen LogP contribution in [0.1, 0.15) is 25.8 Å². The van der Waals surface area contributed by atoms with Crippen LogP contribution in [0.15, 0.2) is 30.3 Å². The quantitative estimate of drug-likeness (QED) is 0.761. The van der Waals surface area contributed by atoms with E-state index < -0.39 is 11.6 Å². The molecule has 1 rings (SSSR count). The fourth-order valence-corrected chi connectivity index (χ4v) is 2.08.